The SMILES string of the molecule is C=N/C=C\c1nc(-c2cnc(N3CCOCC3)nc2)n(-c2ccc(Cl)cc2F)c1C. The number of aromatic nitrogens is 4. The molecule has 0 atom stereocenters. The molecule has 0 bridgehead atoms. The van der Waals surface area contributed by atoms with E-state index in [0.717, 1.165) is 18.8 Å². The van der Waals surface area contributed by atoms with Crippen LogP contribution in [0.4, 0.5) is 10.3 Å². The second-order valence-electron chi connectivity index (χ2n) is 6.71. The molecule has 1 saturated heterocycles. The van der Waals surface area contributed by atoms with Crippen LogP contribution in [0.15, 0.2) is 41.8 Å². The number of benzene rings is 1. The largest absolute Gasteiger partial charge is 0.378 e. The molecule has 30 heavy (non-hydrogen) atoms. The molecule has 1 fully saturated rings. The van der Waals surface area contributed by atoms with Crippen LogP contribution in [0.25, 0.3) is 23.2 Å². The maximum Gasteiger partial charge on any atom is 0.225 e. The first-order chi connectivity index (χ1) is 14.6. The van der Waals surface area contributed by atoms with Crippen LogP contribution in [0.3, 0.4) is 0 Å². The average Bonchev–Trinajstić information content (AvgIpc) is 3.09. The van der Waals surface area contributed by atoms with Gasteiger partial charge in [-0.1, -0.05) is 11.6 Å². The summed E-state index contributed by atoms with van der Waals surface area (Å²) in [6.07, 6.45) is 6.66. The van der Waals surface area contributed by atoms with E-state index in [2.05, 4.69) is 31.6 Å². The van der Waals surface area contributed by atoms with Gasteiger partial charge >= 0.3 is 0 Å². The summed E-state index contributed by atoms with van der Waals surface area (Å²) in [7, 11) is 0. The molecule has 0 aliphatic carbocycles. The maximum atomic E-state index is 14.8. The fraction of sp³-hybridized carbons (Fsp3) is 0.238. The van der Waals surface area contributed by atoms with E-state index >= 15 is 0 Å². The molecule has 3 aromatic rings. The highest BCUT2D eigenvalue weighted by Gasteiger charge is 2.20. The van der Waals surface area contributed by atoms with Crippen molar-refractivity contribution in [3.8, 4) is 17.1 Å². The topological polar surface area (TPSA) is 68.4 Å². The van der Waals surface area contributed by atoms with Crippen LogP contribution in [0.1, 0.15) is 11.4 Å². The van der Waals surface area contributed by atoms with E-state index in [9.17, 15) is 4.39 Å². The van der Waals surface area contributed by atoms with Crippen molar-refractivity contribution in [2.75, 3.05) is 31.2 Å². The summed E-state index contributed by atoms with van der Waals surface area (Å²) in [6, 6.07) is 4.54. The summed E-state index contributed by atoms with van der Waals surface area (Å²) in [5.41, 5.74) is 2.38. The minimum Gasteiger partial charge on any atom is -0.378 e. The van der Waals surface area contributed by atoms with Gasteiger partial charge in [0, 0.05) is 42.4 Å². The van der Waals surface area contributed by atoms with Gasteiger partial charge in [0.15, 0.2) is 0 Å². The van der Waals surface area contributed by atoms with Crippen LogP contribution < -0.4 is 4.90 Å². The van der Waals surface area contributed by atoms with Gasteiger partial charge in [-0.2, -0.15) is 0 Å². The number of ether oxygens (including phenoxy) is 1. The number of anilines is 1. The summed E-state index contributed by atoms with van der Waals surface area (Å²) >= 11 is 5.94. The molecule has 3 heterocycles. The third-order valence-electron chi connectivity index (χ3n) is 4.82. The Hall–Kier alpha value is -3.10. The van der Waals surface area contributed by atoms with E-state index in [1.54, 1.807) is 41.4 Å². The van der Waals surface area contributed by atoms with Crippen molar-refractivity contribution in [1.29, 1.82) is 0 Å². The third kappa shape index (κ3) is 3.96. The van der Waals surface area contributed by atoms with Gasteiger partial charge < -0.3 is 9.64 Å². The Morgan fingerprint density at radius 2 is 1.97 bits per heavy atom. The molecular weight excluding hydrogens is 407 g/mol. The zero-order valence-electron chi connectivity index (χ0n) is 16.4. The van der Waals surface area contributed by atoms with E-state index in [4.69, 9.17) is 16.3 Å². The molecule has 0 unspecified atom stereocenters. The summed E-state index contributed by atoms with van der Waals surface area (Å²) in [6.45, 7) is 8.09. The highest BCUT2D eigenvalue weighted by Crippen LogP contribution is 2.29. The standard InChI is InChI=1S/C21H20ClFN6O/c1-14-18(5-6-24-2)27-20(29(14)19-4-3-16(22)11-17(19)23)15-12-25-21(26-13-15)28-7-9-30-10-8-28/h3-6,11-13H,2,7-10H2,1H3/b6-5-. The first-order valence-corrected chi connectivity index (χ1v) is 9.78. The highest BCUT2D eigenvalue weighted by atomic mass is 35.5. The van der Waals surface area contributed by atoms with Gasteiger partial charge in [0.25, 0.3) is 0 Å². The average molecular weight is 427 g/mol. The quantitative estimate of drug-likeness (QED) is 0.578. The lowest BCUT2D eigenvalue weighted by Crippen LogP contribution is -2.37. The van der Waals surface area contributed by atoms with Crippen molar-refractivity contribution in [2.45, 2.75) is 6.92 Å². The Morgan fingerprint density at radius 3 is 2.63 bits per heavy atom. The molecule has 4 rings (SSSR count). The number of nitrogens with zero attached hydrogens (tertiary/aromatic N) is 6. The van der Waals surface area contributed by atoms with Crippen molar-refractivity contribution in [1.82, 2.24) is 19.5 Å². The molecule has 1 aliphatic rings. The molecule has 2 aromatic heterocycles. The predicted octanol–water partition coefficient (Wildman–Crippen LogP) is 3.94. The minimum atomic E-state index is -0.451. The van der Waals surface area contributed by atoms with Gasteiger partial charge in [-0.05, 0) is 37.9 Å². The summed E-state index contributed by atoms with van der Waals surface area (Å²) < 4.78 is 21.8. The van der Waals surface area contributed by atoms with Crippen molar-refractivity contribution < 1.29 is 9.13 Å². The summed E-state index contributed by atoms with van der Waals surface area (Å²) in [5, 5.41) is 0.324. The van der Waals surface area contributed by atoms with Gasteiger partial charge in [0.1, 0.15) is 11.6 Å². The van der Waals surface area contributed by atoms with Crippen molar-refractivity contribution in [2.24, 2.45) is 4.99 Å². The fourth-order valence-electron chi connectivity index (χ4n) is 3.31. The molecule has 0 spiro atoms. The number of hydrogen-bond acceptors (Lipinski definition) is 6. The predicted molar refractivity (Wildman–Crippen MR) is 116 cm³/mol. The van der Waals surface area contributed by atoms with Crippen LogP contribution in [0, 0.1) is 12.7 Å². The molecule has 7 nitrogen and oxygen atoms in total. The van der Waals surface area contributed by atoms with E-state index in [-0.39, 0.29) is 0 Å². The molecule has 154 valence electrons. The lowest BCUT2D eigenvalue weighted by atomic mass is 10.2. The lowest BCUT2D eigenvalue weighted by molar-refractivity contribution is 0.122. The number of aliphatic imine (C=N–C) groups is 1. The van der Waals surface area contributed by atoms with E-state index in [0.29, 0.717) is 47.0 Å². The molecule has 0 N–H and O–H groups in total. The van der Waals surface area contributed by atoms with E-state index < -0.39 is 5.82 Å². The monoisotopic (exact) mass is 426 g/mol. The van der Waals surface area contributed by atoms with Crippen molar-refractivity contribution in [3.05, 3.63) is 59.0 Å². The summed E-state index contributed by atoms with van der Waals surface area (Å²) in [4.78, 5) is 19.5. The Labute approximate surface area is 178 Å². The normalized spacial score (nSPS) is 14.4. The van der Waals surface area contributed by atoms with E-state index in [1.165, 1.54) is 6.07 Å². The van der Waals surface area contributed by atoms with Crippen LogP contribution >= 0.6 is 11.6 Å². The van der Waals surface area contributed by atoms with Gasteiger partial charge in [-0.15, -0.1) is 0 Å². The van der Waals surface area contributed by atoms with Gasteiger partial charge in [0.2, 0.25) is 5.95 Å². The van der Waals surface area contributed by atoms with Crippen LogP contribution in [0.2, 0.25) is 5.02 Å². The summed E-state index contributed by atoms with van der Waals surface area (Å²) in [5.74, 6) is 0.698. The second kappa shape index (κ2) is 8.73. The number of hydrogen-bond donors (Lipinski definition) is 0. The smallest absolute Gasteiger partial charge is 0.225 e. The highest BCUT2D eigenvalue weighted by molar-refractivity contribution is 6.30. The molecule has 9 heteroatoms. The third-order valence-corrected chi connectivity index (χ3v) is 5.06. The second-order valence-corrected chi connectivity index (χ2v) is 7.14. The molecular formula is C21H20ClFN6O. The number of imidazole rings is 1. The molecule has 0 saturated carbocycles. The molecule has 1 aromatic carbocycles. The number of rotatable bonds is 5. The molecule has 0 radical (unpaired) electrons. The maximum absolute atomic E-state index is 14.8. The Bertz CT molecular complexity index is 1090. The Morgan fingerprint density at radius 1 is 1.23 bits per heavy atom. The van der Waals surface area contributed by atoms with E-state index in [1.807, 2.05) is 6.92 Å². The minimum absolute atomic E-state index is 0.324. The zero-order chi connectivity index (χ0) is 21.1. The van der Waals surface area contributed by atoms with Crippen molar-refractivity contribution >= 4 is 30.3 Å². The Balaban J connectivity index is 1.80. The van der Waals surface area contributed by atoms with Gasteiger partial charge in [0.05, 0.1) is 30.2 Å². The van der Waals surface area contributed by atoms with Gasteiger partial charge in [-0.25, -0.2) is 19.3 Å². The number of halogens is 2. The van der Waals surface area contributed by atoms with Crippen molar-refractivity contribution in [3.63, 3.8) is 0 Å². The fourth-order valence-corrected chi connectivity index (χ4v) is 3.47. The first kappa shape index (κ1) is 20.2. The molecule has 1 aliphatic heterocycles. The molecule has 0 amide bonds. The Kier molecular flexibility index (Phi) is 5.87. The van der Waals surface area contributed by atoms with Gasteiger partial charge in [-0.3, -0.25) is 9.56 Å². The van der Waals surface area contributed by atoms with Crippen LogP contribution in [0.5, 0.6) is 0 Å². The van der Waals surface area contributed by atoms with Crippen LogP contribution in [-0.4, -0.2) is 52.5 Å². The zero-order valence-corrected chi connectivity index (χ0v) is 17.2. The van der Waals surface area contributed by atoms with Crippen LogP contribution in [-0.2, 0) is 4.74 Å². The first-order valence-electron chi connectivity index (χ1n) is 9.40. The number of morpholine rings is 1. The lowest BCUT2D eigenvalue weighted by Gasteiger charge is -2.26.